The second-order valence-electron chi connectivity index (χ2n) is 6.62. The van der Waals surface area contributed by atoms with Crippen LogP contribution >= 0.6 is 0 Å². The number of rotatable bonds is 1. The molecule has 1 aromatic rings. The highest BCUT2D eigenvalue weighted by molar-refractivity contribution is 5.65. The summed E-state index contributed by atoms with van der Waals surface area (Å²) in [6.07, 6.45) is 0. The van der Waals surface area contributed by atoms with E-state index in [0.717, 1.165) is 11.3 Å². The maximum Gasteiger partial charge on any atom is 0.139 e. The van der Waals surface area contributed by atoms with Crippen molar-refractivity contribution in [1.29, 1.82) is 0 Å². The van der Waals surface area contributed by atoms with E-state index >= 15 is 0 Å². The highest BCUT2D eigenvalue weighted by Gasteiger charge is 2.33. The summed E-state index contributed by atoms with van der Waals surface area (Å²) in [6, 6.07) is 5.68. The fourth-order valence-electron chi connectivity index (χ4n) is 2.61. The highest BCUT2D eigenvalue weighted by atomic mass is 16.3. The minimum absolute atomic E-state index is 0.0398. The van der Waals surface area contributed by atoms with Crippen molar-refractivity contribution in [3.05, 3.63) is 23.8 Å². The van der Waals surface area contributed by atoms with Gasteiger partial charge in [-0.1, -0.05) is 12.1 Å². The summed E-state index contributed by atoms with van der Waals surface area (Å²) in [7, 11) is 0. The lowest BCUT2D eigenvalue weighted by atomic mass is 9.93. The van der Waals surface area contributed by atoms with Gasteiger partial charge in [0.25, 0.3) is 0 Å². The van der Waals surface area contributed by atoms with Crippen LogP contribution in [0.1, 0.15) is 47.1 Å². The smallest absolute Gasteiger partial charge is 0.139 e. The molecular formula is C15H25NO. The van der Waals surface area contributed by atoms with Crippen LogP contribution in [0.3, 0.4) is 0 Å². The minimum Gasteiger partial charge on any atom is -0.506 e. The Morgan fingerprint density at radius 1 is 0.941 bits per heavy atom. The fraction of sp³-hybridized carbons (Fsp3) is 0.600. The van der Waals surface area contributed by atoms with Gasteiger partial charge >= 0.3 is 0 Å². The Labute approximate surface area is 105 Å². The molecule has 0 spiro atoms. The quantitative estimate of drug-likeness (QED) is 0.792. The SMILES string of the molecule is Cc1cccc(O)c1N(C(C)(C)C)C(C)(C)C. The first-order valence-corrected chi connectivity index (χ1v) is 6.14. The zero-order valence-electron chi connectivity index (χ0n) is 12.1. The van der Waals surface area contributed by atoms with Crippen molar-refractivity contribution in [2.45, 2.75) is 59.5 Å². The Hall–Kier alpha value is -1.18. The molecule has 1 N–H and O–H groups in total. The van der Waals surface area contributed by atoms with E-state index < -0.39 is 0 Å². The van der Waals surface area contributed by atoms with Gasteiger partial charge in [0, 0.05) is 11.1 Å². The lowest BCUT2D eigenvalue weighted by molar-refractivity contribution is 0.370. The van der Waals surface area contributed by atoms with E-state index in [9.17, 15) is 5.11 Å². The van der Waals surface area contributed by atoms with Gasteiger partial charge in [0.05, 0.1) is 5.69 Å². The van der Waals surface area contributed by atoms with Crippen LogP contribution in [0.5, 0.6) is 5.75 Å². The summed E-state index contributed by atoms with van der Waals surface area (Å²) in [5, 5.41) is 10.1. The summed E-state index contributed by atoms with van der Waals surface area (Å²) in [4.78, 5) is 2.28. The third-order valence-corrected chi connectivity index (χ3v) is 2.78. The first-order valence-electron chi connectivity index (χ1n) is 6.14. The summed E-state index contributed by atoms with van der Waals surface area (Å²) in [6.45, 7) is 15.1. The normalized spacial score (nSPS) is 12.6. The predicted octanol–water partition coefficient (Wildman–Crippen LogP) is 4.10. The molecule has 0 radical (unpaired) electrons. The Kier molecular flexibility index (Phi) is 3.47. The number of hydrogen-bond donors (Lipinski definition) is 1. The molecule has 2 heteroatoms. The topological polar surface area (TPSA) is 23.5 Å². The van der Waals surface area contributed by atoms with E-state index in [0.29, 0.717) is 5.75 Å². The molecule has 17 heavy (non-hydrogen) atoms. The van der Waals surface area contributed by atoms with Gasteiger partial charge in [-0.25, -0.2) is 0 Å². The molecule has 0 aromatic heterocycles. The van der Waals surface area contributed by atoms with Gasteiger partial charge in [-0.05, 0) is 60.1 Å². The van der Waals surface area contributed by atoms with E-state index in [2.05, 4.69) is 46.4 Å². The summed E-state index contributed by atoms with van der Waals surface area (Å²) in [5.41, 5.74) is 1.96. The number of phenolic OH excluding ortho intramolecular Hbond substituents is 1. The molecule has 0 unspecified atom stereocenters. The lowest BCUT2D eigenvalue weighted by Gasteiger charge is -2.48. The molecule has 0 aliphatic rings. The summed E-state index contributed by atoms with van der Waals surface area (Å²) < 4.78 is 0. The number of benzene rings is 1. The van der Waals surface area contributed by atoms with Crippen LogP contribution < -0.4 is 4.90 Å². The van der Waals surface area contributed by atoms with Crippen molar-refractivity contribution in [2.24, 2.45) is 0 Å². The van der Waals surface area contributed by atoms with E-state index in [1.165, 1.54) is 0 Å². The van der Waals surface area contributed by atoms with Crippen molar-refractivity contribution >= 4 is 5.69 Å². The number of anilines is 1. The van der Waals surface area contributed by atoms with Gasteiger partial charge in [0.1, 0.15) is 5.75 Å². The molecule has 1 aromatic carbocycles. The van der Waals surface area contributed by atoms with E-state index in [1.54, 1.807) is 6.07 Å². The average molecular weight is 235 g/mol. The van der Waals surface area contributed by atoms with Crippen LogP contribution in [-0.4, -0.2) is 16.2 Å². The molecule has 0 aliphatic heterocycles. The predicted molar refractivity (Wildman–Crippen MR) is 74.8 cm³/mol. The zero-order chi connectivity index (χ0) is 13.4. The molecule has 1 rings (SSSR count). The largest absolute Gasteiger partial charge is 0.506 e. The van der Waals surface area contributed by atoms with Gasteiger partial charge in [0.15, 0.2) is 0 Å². The van der Waals surface area contributed by atoms with Crippen molar-refractivity contribution in [3.63, 3.8) is 0 Å². The Morgan fingerprint density at radius 2 is 1.41 bits per heavy atom. The number of para-hydroxylation sites is 1. The zero-order valence-corrected chi connectivity index (χ0v) is 12.1. The molecule has 2 nitrogen and oxygen atoms in total. The molecule has 0 saturated heterocycles. The average Bonchev–Trinajstić information content (AvgIpc) is 2.06. The summed E-state index contributed by atoms with van der Waals surface area (Å²) >= 11 is 0. The van der Waals surface area contributed by atoms with Gasteiger partial charge < -0.3 is 10.0 Å². The third-order valence-electron chi connectivity index (χ3n) is 2.78. The summed E-state index contributed by atoms with van der Waals surface area (Å²) in [5.74, 6) is 0.356. The maximum absolute atomic E-state index is 10.1. The van der Waals surface area contributed by atoms with Gasteiger partial charge in [-0.2, -0.15) is 0 Å². The maximum atomic E-state index is 10.1. The number of hydrogen-bond acceptors (Lipinski definition) is 2. The van der Waals surface area contributed by atoms with Crippen molar-refractivity contribution < 1.29 is 5.11 Å². The van der Waals surface area contributed by atoms with E-state index in [4.69, 9.17) is 0 Å². The van der Waals surface area contributed by atoms with Crippen LogP contribution in [-0.2, 0) is 0 Å². The molecule has 96 valence electrons. The third kappa shape index (κ3) is 2.93. The Balaban J connectivity index is 3.44. The van der Waals surface area contributed by atoms with Crippen LogP contribution in [0, 0.1) is 6.92 Å². The van der Waals surface area contributed by atoms with Crippen molar-refractivity contribution in [2.75, 3.05) is 4.90 Å². The van der Waals surface area contributed by atoms with Gasteiger partial charge in [0.2, 0.25) is 0 Å². The Morgan fingerprint density at radius 3 is 1.76 bits per heavy atom. The molecule has 0 heterocycles. The number of phenols is 1. The monoisotopic (exact) mass is 235 g/mol. The molecule has 0 fully saturated rings. The van der Waals surface area contributed by atoms with E-state index in [1.807, 2.05) is 19.1 Å². The van der Waals surface area contributed by atoms with Crippen LogP contribution in [0.2, 0.25) is 0 Å². The standard InChI is InChI=1S/C15H25NO/c1-11-9-8-10-12(17)13(11)16(14(2,3)4)15(5,6)7/h8-10,17H,1-7H3. The second kappa shape index (κ2) is 4.25. The second-order valence-corrected chi connectivity index (χ2v) is 6.62. The van der Waals surface area contributed by atoms with Crippen molar-refractivity contribution in [3.8, 4) is 5.75 Å². The number of aromatic hydroxyl groups is 1. The first kappa shape index (κ1) is 13.9. The molecule has 0 aliphatic carbocycles. The van der Waals surface area contributed by atoms with Crippen LogP contribution in [0.4, 0.5) is 5.69 Å². The molecule has 0 bridgehead atoms. The molecule has 0 saturated carbocycles. The molecule has 0 amide bonds. The first-order chi connectivity index (χ1) is 7.55. The minimum atomic E-state index is -0.0398. The van der Waals surface area contributed by atoms with Crippen molar-refractivity contribution in [1.82, 2.24) is 0 Å². The van der Waals surface area contributed by atoms with Gasteiger partial charge in [-0.3, -0.25) is 0 Å². The molecular weight excluding hydrogens is 210 g/mol. The van der Waals surface area contributed by atoms with Gasteiger partial charge in [-0.15, -0.1) is 0 Å². The molecule has 0 atom stereocenters. The highest BCUT2D eigenvalue weighted by Crippen LogP contribution is 2.39. The van der Waals surface area contributed by atoms with Crippen LogP contribution in [0.15, 0.2) is 18.2 Å². The number of nitrogens with zero attached hydrogens (tertiary/aromatic N) is 1. The van der Waals surface area contributed by atoms with E-state index in [-0.39, 0.29) is 11.1 Å². The van der Waals surface area contributed by atoms with Crippen LogP contribution in [0.25, 0.3) is 0 Å². The fourth-order valence-corrected chi connectivity index (χ4v) is 2.61. The number of aryl methyl sites for hydroxylation is 1. The Bertz CT molecular complexity index is 362. The lowest BCUT2D eigenvalue weighted by Crippen LogP contribution is -2.53.